The van der Waals surface area contributed by atoms with E-state index < -0.39 is 0 Å². The molecule has 2 atom stereocenters. The van der Waals surface area contributed by atoms with Crippen LogP contribution in [0.3, 0.4) is 0 Å². The molecule has 5 heteroatoms. The molecule has 4 nitrogen and oxygen atoms in total. The van der Waals surface area contributed by atoms with E-state index in [2.05, 4.69) is 16.0 Å². The summed E-state index contributed by atoms with van der Waals surface area (Å²) in [7, 11) is 0. The fraction of sp³-hybridized carbons (Fsp3) is 0.917. The molecule has 98 valence electrons. The Bertz CT molecular complexity index is 236. The van der Waals surface area contributed by atoms with Gasteiger partial charge in [-0.15, -0.1) is 0 Å². The van der Waals surface area contributed by atoms with Gasteiger partial charge in [-0.1, -0.05) is 6.42 Å². The van der Waals surface area contributed by atoms with Crippen molar-refractivity contribution in [1.29, 1.82) is 0 Å². The van der Waals surface area contributed by atoms with Crippen LogP contribution in [0.15, 0.2) is 0 Å². The van der Waals surface area contributed by atoms with Crippen molar-refractivity contribution in [1.82, 2.24) is 16.0 Å². The van der Waals surface area contributed by atoms with Gasteiger partial charge in [-0.25, -0.2) is 4.79 Å². The third-order valence-electron chi connectivity index (χ3n) is 3.46. The van der Waals surface area contributed by atoms with Gasteiger partial charge in [0.1, 0.15) is 0 Å². The van der Waals surface area contributed by atoms with Gasteiger partial charge in [-0.2, -0.15) is 11.8 Å². The van der Waals surface area contributed by atoms with Gasteiger partial charge >= 0.3 is 6.03 Å². The summed E-state index contributed by atoms with van der Waals surface area (Å²) in [5, 5.41) is 9.42. The Morgan fingerprint density at radius 3 is 3.12 bits per heavy atom. The maximum absolute atomic E-state index is 11.7. The molecule has 3 N–H and O–H groups in total. The fourth-order valence-electron chi connectivity index (χ4n) is 2.36. The quantitative estimate of drug-likeness (QED) is 0.711. The Morgan fingerprint density at radius 2 is 2.29 bits per heavy atom. The molecule has 2 fully saturated rings. The van der Waals surface area contributed by atoms with Crippen LogP contribution in [0.4, 0.5) is 4.79 Å². The van der Waals surface area contributed by atoms with E-state index in [4.69, 9.17) is 0 Å². The van der Waals surface area contributed by atoms with Gasteiger partial charge in [0.05, 0.1) is 0 Å². The van der Waals surface area contributed by atoms with E-state index in [0.29, 0.717) is 12.0 Å². The van der Waals surface area contributed by atoms with Crippen LogP contribution in [-0.4, -0.2) is 43.2 Å². The highest BCUT2D eigenvalue weighted by Gasteiger charge is 2.18. The Kier molecular flexibility index (Phi) is 5.45. The SMILES string of the molecule is O=C(NCC1CCSC1)NC1CCCCNC1. The molecule has 0 spiro atoms. The van der Waals surface area contributed by atoms with Crippen molar-refractivity contribution in [3.63, 3.8) is 0 Å². The lowest BCUT2D eigenvalue weighted by Crippen LogP contribution is -2.46. The summed E-state index contributed by atoms with van der Waals surface area (Å²) < 4.78 is 0. The van der Waals surface area contributed by atoms with E-state index in [1.54, 1.807) is 0 Å². The number of rotatable bonds is 3. The largest absolute Gasteiger partial charge is 0.338 e. The van der Waals surface area contributed by atoms with Crippen LogP contribution in [0.25, 0.3) is 0 Å². The Hall–Kier alpha value is -0.420. The van der Waals surface area contributed by atoms with E-state index in [1.807, 2.05) is 11.8 Å². The summed E-state index contributed by atoms with van der Waals surface area (Å²) in [6.45, 7) is 2.82. The highest BCUT2D eigenvalue weighted by molar-refractivity contribution is 7.99. The van der Waals surface area contributed by atoms with Crippen molar-refractivity contribution in [2.24, 2.45) is 5.92 Å². The number of hydrogen-bond acceptors (Lipinski definition) is 3. The van der Waals surface area contributed by atoms with E-state index in [0.717, 1.165) is 26.1 Å². The second-order valence-corrected chi connectivity index (χ2v) is 6.13. The van der Waals surface area contributed by atoms with Crippen LogP contribution < -0.4 is 16.0 Å². The first-order valence-corrected chi connectivity index (χ1v) is 7.83. The minimum absolute atomic E-state index is 0.00981. The van der Waals surface area contributed by atoms with Crippen LogP contribution in [-0.2, 0) is 0 Å². The molecule has 2 saturated heterocycles. The molecule has 0 radical (unpaired) electrons. The summed E-state index contributed by atoms with van der Waals surface area (Å²) in [5.41, 5.74) is 0. The van der Waals surface area contributed by atoms with Crippen molar-refractivity contribution < 1.29 is 4.79 Å². The van der Waals surface area contributed by atoms with Crippen LogP contribution in [0.1, 0.15) is 25.7 Å². The highest BCUT2D eigenvalue weighted by Crippen LogP contribution is 2.22. The minimum atomic E-state index is 0.00981. The van der Waals surface area contributed by atoms with Crippen LogP contribution >= 0.6 is 11.8 Å². The predicted molar refractivity (Wildman–Crippen MR) is 72.5 cm³/mol. The number of amides is 2. The lowest BCUT2D eigenvalue weighted by Gasteiger charge is -2.18. The fourth-order valence-corrected chi connectivity index (χ4v) is 3.64. The van der Waals surface area contributed by atoms with Crippen molar-refractivity contribution in [2.75, 3.05) is 31.1 Å². The monoisotopic (exact) mass is 257 g/mol. The summed E-state index contributed by atoms with van der Waals surface area (Å²) in [4.78, 5) is 11.7. The molecule has 2 amide bonds. The molecule has 2 rings (SSSR count). The van der Waals surface area contributed by atoms with Gasteiger partial charge in [0.2, 0.25) is 0 Å². The molecule has 0 aromatic heterocycles. The Balaban J connectivity index is 1.61. The van der Waals surface area contributed by atoms with Gasteiger partial charge in [0.25, 0.3) is 0 Å². The zero-order valence-electron chi connectivity index (χ0n) is 10.3. The van der Waals surface area contributed by atoms with Gasteiger partial charge in [-0.05, 0) is 43.2 Å². The van der Waals surface area contributed by atoms with Crippen LogP contribution in [0, 0.1) is 5.92 Å². The highest BCUT2D eigenvalue weighted by atomic mass is 32.2. The molecule has 0 bridgehead atoms. The first-order valence-electron chi connectivity index (χ1n) is 6.67. The van der Waals surface area contributed by atoms with E-state index in [-0.39, 0.29) is 6.03 Å². The molecule has 0 aliphatic carbocycles. The number of nitrogens with one attached hydrogen (secondary N) is 3. The number of hydrogen-bond donors (Lipinski definition) is 3. The van der Waals surface area contributed by atoms with Crippen molar-refractivity contribution in [3.05, 3.63) is 0 Å². The molecular formula is C12H23N3OS. The predicted octanol–water partition coefficient (Wildman–Crippen LogP) is 1.18. The van der Waals surface area contributed by atoms with Gasteiger partial charge in [0, 0.05) is 19.1 Å². The summed E-state index contributed by atoms with van der Waals surface area (Å²) in [5.74, 6) is 3.13. The van der Waals surface area contributed by atoms with Crippen LogP contribution in [0.5, 0.6) is 0 Å². The summed E-state index contributed by atoms with van der Waals surface area (Å²) in [6, 6.07) is 0.311. The van der Waals surface area contributed by atoms with E-state index in [1.165, 1.54) is 30.8 Å². The average Bonchev–Trinajstić information content (AvgIpc) is 2.72. The third-order valence-corrected chi connectivity index (χ3v) is 4.69. The Labute approximate surface area is 108 Å². The molecule has 2 unspecified atom stereocenters. The lowest BCUT2D eigenvalue weighted by atomic mass is 10.1. The van der Waals surface area contributed by atoms with E-state index in [9.17, 15) is 4.79 Å². The van der Waals surface area contributed by atoms with E-state index >= 15 is 0 Å². The molecule has 2 heterocycles. The summed E-state index contributed by atoms with van der Waals surface area (Å²) >= 11 is 1.99. The normalized spacial score (nSPS) is 29.6. The molecular weight excluding hydrogens is 234 g/mol. The second kappa shape index (κ2) is 7.11. The molecule has 0 aromatic carbocycles. The first-order chi connectivity index (χ1) is 8.34. The van der Waals surface area contributed by atoms with Gasteiger partial charge in [0.15, 0.2) is 0 Å². The topological polar surface area (TPSA) is 53.2 Å². The number of carbonyl (C=O) groups is 1. The maximum Gasteiger partial charge on any atom is 0.315 e. The molecule has 2 aliphatic rings. The van der Waals surface area contributed by atoms with Gasteiger partial charge in [-0.3, -0.25) is 0 Å². The van der Waals surface area contributed by atoms with Gasteiger partial charge < -0.3 is 16.0 Å². The first kappa shape index (κ1) is 13.0. The van der Waals surface area contributed by atoms with Crippen molar-refractivity contribution in [2.45, 2.75) is 31.7 Å². The number of urea groups is 1. The molecule has 17 heavy (non-hydrogen) atoms. The minimum Gasteiger partial charge on any atom is -0.338 e. The van der Waals surface area contributed by atoms with Crippen molar-refractivity contribution in [3.8, 4) is 0 Å². The summed E-state index contributed by atoms with van der Waals surface area (Å²) in [6.07, 6.45) is 4.77. The average molecular weight is 257 g/mol. The maximum atomic E-state index is 11.7. The molecule has 2 aliphatic heterocycles. The molecule has 0 saturated carbocycles. The second-order valence-electron chi connectivity index (χ2n) is 4.98. The zero-order chi connectivity index (χ0) is 11.9. The standard InChI is InChI=1S/C12H23N3OS/c16-12(14-7-10-4-6-17-9-10)15-11-3-1-2-5-13-8-11/h10-11,13H,1-9H2,(H2,14,15,16). The smallest absolute Gasteiger partial charge is 0.315 e. The lowest BCUT2D eigenvalue weighted by molar-refractivity contribution is 0.234. The number of carbonyl (C=O) groups excluding carboxylic acids is 1. The molecule has 0 aromatic rings. The zero-order valence-corrected chi connectivity index (χ0v) is 11.2. The third kappa shape index (κ3) is 4.76. The Morgan fingerprint density at radius 1 is 1.35 bits per heavy atom. The van der Waals surface area contributed by atoms with Crippen LogP contribution in [0.2, 0.25) is 0 Å². The van der Waals surface area contributed by atoms with Crippen molar-refractivity contribution >= 4 is 17.8 Å². The number of thioether (sulfide) groups is 1.